The number of fused-ring (bicyclic) bond motifs is 5. The first-order valence-electron chi connectivity index (χ1n) is 15.0. The summed E-state index contributed by atoms with van der Waals surface area (Å²) in [7, 11) is 0. The van der Waals surface area contributed by atoms with Gasteiger partial charge in [0.2, 0.25) is 0 Å². The molecule has 0 aromatic heterocycles. The van der Waals surface area contributed by atoms with Gasteiger partial charge < -0.3 is 33.9 Å². The summed E-state index contributed by atoms with van der Waals surface area (Å²) >= 11 is 0. The number of hydrogen-bond donors (Lipinski definition) is 2. The van der Waals surface area contributed by atoms with Crippen molar-refractivity contribution in [2.75, 3.05) is 13.2 Å². The van der Waals surface area contributed by atoms with Gasteiger partial charge in [-0.25, -0.2) is 4.79 Å². The molecular weight excluding hydrogens is 564 g/mol. The van der Waals surface area contributed by atoms with Gasteiger partial charge in [-0.2, -0.15) is 0 Å². The highest BCUT2D eigenvalue weighted by Gasteiger charge is 2.77. The molecule has 5 aliphatic rings. The number of esters is 5. The van der Waals surface area contributed by atoms with Gasteiger partial charge in [0.25, 0.3) is 0 Å². The van der Waals surface area contributed by atoms with Gasteiger partial charge in [0.15, 0.2) is 0 Å². The number of ether oxygens (including phenoxy) is 5. The minimum absolute atomic E-state index is 0.0173. The Hall–Kier alpha value is -2.99. The molecule has 238 valence electrons. The summed E-state index contributed by atoms with van der Waals surface area (Å²) in [6, 6.07) is 0. The van der Waals surface area contributed by atoms with Crippen LogP contribution in [0, 0.1) is 28.6 Å². The van der Waals surface area contributed by atoms with Crippen molar-refractivity contribution in [3.05, 3.63) is 11.6 Å². The minimum atomic E-state index is -1.68. The average molecular weight is 607 g/mol. The molecule has 12 heteroatoms. The third kappa shape index (κ3) is 4.94. The summed E-state index contributed by atoms with van der Waals surface area (Å²) in [4.78, 5) is 61.4. The summed E-state index contributed by atoms with van der Waals surface area (Å²) in [5, 5.41) is 25.4. The fraction of sp³-hybridized carbons (Fsp3) is 0.774. The Morgan fingerprint density at radius 3 is 2.19 bits per heavy atom. The molecule has 0 amide bonds. The fourth-order valence-electron chi connectivity index (χ4n) is 9.80. The van der Waals surface area contributed by atoms with Gasteiger partial charge in [-0.3, -0.25) is 19.2 Å². The van der Waals surface area contributed by atoms with Crippen LogP contribution in [0.1, 0.15) is 79.6 Å². The Balaban J connectivity index is 1.68. The van der Waals surface area contributed by atoms with Crippen LogP contribution in [-0.2, 0) is 47.7 Å². The molecule has 4 aliphatic carbocycles. The zero-order chi connectivity index (χ0) is 31.5. The van der Waals surface area contributed by atoms with Gasteiger partial charge in [0, 0.05) is 57.9 Å². The third-order valence-electron chi connectivity index (χ3n) is 11.2. The van der Waals surface area contributed by atoms with Crippen LogP contribution in [0.3, 0.4) is 0 Å². The molecule has 0 aromatic rings. The number of aliphatic hydroxyl groups is 2. The van der Waals surface area contributed by atoms with Crippen LogP contribution in [0.25, 0.3) is 0 Å². The van der Waals surface area contributed by atoms with Gasteiger partial charge >= 0.3 is 29.8 Å². The Morgan fingerprint density at radius 2 is 1.60 bits per heavy atom. The molecule has 2 N–H and O–H groups in total. The van der Waals surface area contributed by atoms with Crippen molar-refractivity contribution in [1.82, 2.24) is 0 Å². The Kier molecular flexibility index (Phi) is 7.95. The van der Waals surface area contributed by atoms with Crippen molar-refractivity contribution >= 4 is 29.8 Å². The van der Waals surface area contributed by atoms with E-state index >= 15 is 0 Å². The predicted octanol–water partition coefficient (Wildman–Crippen LogP) is 1.92. The molecule has 4 saturated carbocycles. The quantitative estimate of drug-likeness (QED) is 0.333. The van der Waals surface area contributed by atoms with Crippen LogP contribution >= 0.6 is 0 Å². The number of cyclic esters (lactones) is 1. The van der Waals surface area contributed by atoms with Gasteiger partial charge in [0.1, 0.15) is 31.5 Å². The largest absolute Gasteiger partial charge is 0.465 e. The summed E-state index contributed by atoms with van der Waals surface area (Å²) in [5.41, 5.74) is -4.58. The van der Waals surface area contributed by atoms with E-state index in [9.17, 15) is 34.2 Å². The van der Waals surface area contributed by atoms with Gasteiger partial charge in [-0.15, -0.1) is 0 Å². The maximum atomic E-state index is 12.8. The molecule has 1 heterocycles. The highest BCUT2D eigenvalue weighted by atomic mass is 16.6. The molecule has 4 fully saturated rings. The van der Waals surface area contributed by atoms with Crippen LogP contribution in [-0.4, -0.2) is 82.8 Å². The smallest absolute Gasteiger partial charge is 0.331 e. The summed E-state index contributed by atoms with van der Waals surface area (Å²) < 4.78 is 28.3. The molecule has 0 spiro atoms. The molecule has 1 aliphatic heterocycles. The van der Waals surface area contributed by atoms with Crippen molar-refractivity contribution in [1.29, 1.82) is 0 Å². The molecule has 0 saturated heterocycles. The molecule has 12 nitrogen and oxygen atoms in total. The van der Waals surface area contributed by atoms with Crippen LogP contribution in [0.15, 0.2) is 11.6 Å². The van der Waals surface area contributed by atoms with E-state index in [1.54, 1.807) is 0 Å². The number of carbonyl (C=O) groups excluding carboxylic acids is 5. The first kappa shape index (κ1) is 31.4. The summed E-state index contributed by atoms with van der Waals surface area (Å²) in [5.74, 6) is -4.43. The third-order valence-corrected chi connectivity index (χ3v) is 11.2. The van der Waals surface area contributed by atoms with Gasteiger partial charge in [0.05, 0.1) is 16.6 Å². The standard InChI is InChI=1S/C31H42O12/c1-16(32)40-15-30-25(43-19(4)35)11-21(41-17(2)33)12-29(30,37)8-6-23-27(30)24(42-18(3)34)13-28(5)22(7-9-31(23,28)38)20-10-26(36)39-14-20/h10,21-25,27,37-38H,6-9,11-15H2,1-5H3/t21-,22+,23+,24-,25+,27-,28+,29+,30+,31-/m1/s1. The van der Waals surface area contributed by atoms with Crippen LogP contribution in [0.4, 0.5) is 0 Å². The lowest BCUT2D eigenvalue weighted by Crippen LogP contribution is -2.76. The van der Waals surface area contributed by atoms with E-state index in [-0.39, 0.29) is 44.8 Å². The zero-order valence-electron chi connectivity index (χ0n) is 25.4. The van der Waals surface area contributed by atoms with E-state index in [4.69, 9.17) is 23.7 Å². The number of rotatable bonds is 6. The van der Waals surface area contributed by atoms with E-state index in [1.807, 2.05) is 6.92 Å². The van der Waals surface area contributed by atoms with Crippen molar-refractivity contribution in [2.24, 2.45) is 28.6 Å². The molecule has 0 unspecified atom stereocenters. The maximum absolute atomic E-state index is 12.8. The van der Waals surface area contributed by atoms with Crippen LogP contribution < -0.4 is 0 Å². The topological polar surface area (TPSA) is 172 Å². The number of hydrogen-bond acceptors (Lipinski definition) is 12. The molecular formula is C31H42O12. The predicted molar refractivity (Wildman–Crippen MR) is 146 cm³/mol. The minimum Gasteiger partial charge on any atom is -0.465 e. The Labute approximate surface area is 250 Å². The fourth-order valence-corrected chi connectivity index (χ4v) is 9.80. The lowest BCUT2D eigenvalue weighted by Gasteiger charge is -2.68. The Morgan fingerprint density at radius 1 is 0.930 bits per heavy atom. The SMILES string of the molecule is CC(=O)OC[C@]12[C@H]3[C@H](OC(C)=O)C[C@@]4(C)[C@H](C5=CC(=O)OC5)CC[C@@]4(O)[C@H]3CC[C@]1(O)C[C@H](OC(C)=O)C[C@@H]2OC(C)=O. The highest BCUT2D eigenvalue weighted by Crippen LogP contribution is 2.71. The zero-order valence-corrected chi connectivity index (χ0v) is 25.4. The van der Waals surface area contributed by atoms with Gasteiger partial charge in [-0.1, -0.05) is 6.92 Å². The molecule has 0 radical (unpaired) electrons. The Bertz CT molecular complexity index is 1240. The average Bonchev–Trinajstić information content (AvgIpc) is 3.41. The molecule has 0 aromatic carbocycles. The van der Waals surface area contributed by atoms with Crippen molar-refractivity contribution in [3.63, 3.8) is 0 Å². The lowest BCUT2D eigenvalue weighted by molar-refractivity contribution is -0.320. The molecule has 10 atom stereocenters. The first-order valence-corrected chi connectivity index (χ1v) is 15.0. The normalized spacial score (nSPS) is 43.2. The second kappa shape index (κ2) is 10.9. The van der Waals surface area contributed by atoms with Gasteiger partial charge in [-0.05, 0) is 49.5 Å². The van der Waals surface area contributed by atoms with E-state index in [0.29, 0.717) is 19.3 Å². The highest BCUT2D eigenvalue weighted by molar-refractivity contribution is 5.85. The van der Waals surface area contributed by atoms with E-state index < -0.39 is 82.0 Å². The second-order valence-corrected chi connectivity index (χ2v) is 13.4. The second-order valence-electron chi connectivity index (χ2n) is 13.4. The first-order chi connectivity index (χ1) is 20.1. The summed E-state index contributed by atoms with van der Waals surface area (Å²) in [6.45, 7) is 6.70. The van der Waals surface area contributed by atoms with Crippen molar-refractivity contribution < 1.29 is 57.9 Å². The van der Waals surface area contributed by atoms with Crippen LogP contribution in [0.5, 0.6) is 0 Å². The van der Waals surface area contributed by atoms with E-state index in [2.05, 4.69) is 0 Å². The van der Waals surface area contributed by atoms with E-state index in [0.717, 1.165) is 5.57 Å². The molecule has 43 heavy (non-hydrogen) atoms. The molecule has 5 rings (SSSR count). The summed E-state index contributed by atoms with van der Waals surface area (Å²) in [6.07, 6.45) is 0.250. The number of carbonyl (C=O) groups is 5. The van der Waals surface area contributed by atoms with Crippen molar-refractivity contribution in [3.8, 4) is 0 Å². The maximum Gasteiger partial charge on any atom is 0.331 e. The molecule has 0 bridgehead atoms. The lowest BCUT2D eigenvalue weighted by atomic mass is 9.40. The van der Waals surface area contributed by atoms with Crippen LogP contribution in [0.2, 0.25) is 0 Å². The monoisotopic (exact) mass is 606 g/mol. The van der Waals surface area contributed by atoms with Crippen molar-refractivity contribution in [2.45, 2.75) is 109 Å². The van der Waals surface area contributed by atoms with E-state index in [1.165, 1.54) is 33.8 Å².